The van der Waals surface area contributed by atoms with Gasteiger partial charge in [0, 0.05) is 10.6 Å². The van der Waals surface area contributed by atoms with Gasteiger partial charge in [-0.1, -0.05) is 13.3 Å². The third kappa shape index (κ3) is 6.99. The summed E-state index contributed by atoms with van der Waals surface area (Å²) >= 11 is 1.22. The second-order valence-corrected chi connectivity index (χ2v) is 5.38. The Labute approximate surface area is 126 Å². The predicted octanol–water partition coefficient (Wildman–Crippen LogP) is 2.90. The van der Waals surface area contributed by atoms with E-state index in [2.05, 4.69) is 5.32 Å². The van der Waals surface area contributed by atoms with Gasteiger partial charge in [-0.2, -0.15) is 0 Å². The van der Waals surface area contributed by atoms with Crippen molar-refractivity contribution in [1.82, 2.24) is 5.32 Å². The first-order valence-electron chi connectivity index (χ1n) is 6.57. The second-order valence-electron chi connectivity index (χ2n) is 4.29. The maximum Gasteiger partial charge on any atom is 0.407 e. The number of nitrogens with one attached hydrogen (secondary N) is 1. The number of alkyl carbamates (subject to hydrolysis) is 1. The van der Waals surface area contributed by atoms with Gasteiger partial charge in [-0.15, -0.1) is 11.8 Å². The number of rotatable bonds is 8. The zero-order valence-corrected chi connectivity index (χ0v) is 12.5. The second kappa shape index (κ2) is 9.23. The molecule has 21 heavy (non-hydrogen) atoms. The molecule has 5 nitrogen and oxygen atoms in total. The van der Waals surface area contributed by atoms with E-state index < -0.39 is 18.1 Å². The van der Waals surface area contributed by atoms with Crippen LogP contribution in [0.2, 0.25) is 0 Å². The van der Waals surface area contributed by atoms with Gasteiger partial charge in [0.1, 0.15) is 11.9 Å². The van der Waals surface area contributed by atoms with Gasteiger partial charge < -0.3 is 15.2 Å². The van der Waals surface area contributed by atoms with Crippen LogP contribution >= 0.6 is 11.8 Å². The van der Waals surface area contributed by atoms with Gasteiger partial charge in [-0.05, 0) is 30.7 Å². The number of carboxylic acid groups (broad SMARTS) is 1. The molecule has 0 saturated carbocycles. The monoisotopic (exact) mass is 315 g/mol. The molecule has 0 heterocycles. The highest BCUT2D eigenvalue weighted by Gasteiger charge is 2.20. The summed E-state index contributed by atoms with van der Waals surface area (Å²) < 4.78 is 17.6. The fourth-order valence-corrected chi connectivity index (χ4v) is 2.29. The van der Waals surface area contributed by atoms with Crippen LogP contribution in [0.15, 0.2) is 29.2 Å². The molecule has 1 rings (SSSR count). The molecule has 0 aliphatic rings. The fourth-order valence-electron chi connectivity index (χ4n) is 1.38. The number of benzene rings is 1. The topological polar surface area (TPSA) is 75.6 Å². The van der Waals surface area contributed by atoms with Crippen LogP contribution in [0.25, 0.3) is 0 Å². The molecule has 0 fully saturated rings. The van der Waals surface area contributed by atoms with Gasteiger partial charge in [0.05, 0.1) is 6.61 Å². The zero-order valence-electron chi connectivity index (χ0n) is 11.7. The summed E-state index contributed by atoms with van der Waals surface area (Å²) in [5.74, 6) is -1.37. The maximum absolute atomic E-state index is 12.8. The van der Waals surface area contributed by atoms with Crippen LogP contribution in [0.4, 0.5) is 9.18 Å². The Kier molecular flexibility index (Phi) is 7.60. The third-order valence-electron chi connectivity index (χ3n) is 2.55. The van der Waals surface area contributed by atoms with Gasteiger partial charge in [0.15, 0.2) is 0 Å². The van der Waals surface area contributed by atoms with Crippen LogP contribution in [0, 0.1) is 5.82 Å². The number of hydrogen-bond acceptors (Lipinski definition) is 4. The van der Waals surface area contributed by atoms with Crippen molar-refractivity contribution in [2.45, 2.75) is 30.7 Å². The molecule has 0 radical (unpaired) electrons. The lowest BCUT2D eigenvalue weighted by molar-refractivity contribution is -0.138. The summed E-state index contributed by atoms with van der Waals surface area (Å²) in [5.41, 5.74) is 0. The highest BCUT2D eigenvalue weighted by molar-refractivity contribution is 7.99. The Morgan fingerprint density at radius 2 is 2.05 bits per heavy atom. The average molecular weight is 315 g/mol. The van der Waals surface area contributed by atoms with Crippen molar-refractivity contribution < 1.29 is 23.8 Å². The molecule has 1 aromatic rings. The molecule has 0 spiro atoms. The SMILES string of the molecule is CCCCOC(=O)NC(CSc1ccc(F)cc1)C(=O)O. The molecule has 1 amide bonds. The molecule has 0 saturated heterocycles. The molecule has 1 atom stereocenters. The molecular weight excluding hydrogens is 297 g/mol. The summed E-state index contributed by atoms with van der Waals surface area (Å²) in [7, 11) is 0. The third-order valence-corrected chi connectivity index (χ3v) is 3.66. The Morgan fingerprint density at radius 3 is 2.62 bits per heavy atom. The van der Waals surface area contributed by atoms with E-state index in [1.165, 1.54) is 23.9 Å². The van der Waals surface area contributed by atoms with Crippen LogP contribution in [-0.2, 0) is 9.53 Å². The lowest BCUT2D eigenvalue weighted by Gasteiger charge is -2.14. The van der Waals surface area contributed by atoms with Crippen LogP contribution < -0.4 is 5.32 Å². The highest BCUT2D eigenvalue weighted by Crippen LogP contribution is 2.19. The summed E-state index contributed by atoms with van der Waals surface area (Å²) in [4.78, 5) is 23.3. The number of carbonyl (C=O) groups excluding carboxylic acids is 1. The van der Waals surface area contributed by atoms with E-state index in [-0.39, 0.29) is 18.2 Å². The number of aliphatic carboxylic acids is 1. The summed E-state index contributed by atoms with van der Waals surface area (Å²) in [6, 6.07) is 4.64. The number of halogens is 1. The van der Waals surface area contributed by atoms with E-state index in [0.717, 1.165) is 17.7 Å². The highest BCUT2D eigenvalue weighted by atomic mass is 32.2. The number of unbranched alkanes of at least 4 members (excludes halogenated alkanes) is 1. The van der Waals surface area contributed by atoms with Gasteiger partial charge in [0.25, 0.3) is 0 Å². The van der Waals surface area contributed by atoms with Crippen molar-refractivity contribution in [3.8, 4) is 0 Å². The van der Waals surface area contributed by atoms with E-state index in [9.17, 15) is 14.0 Å². The van der Waals surface area contributed by atoms with Crippen molar-refractivity contribution in [2.75, 3.05) is 12.4 Å². The van der Waals surface area contributed by atoms with E-state index >= 15 is 0 Å². The van der Waals surface area contributed by atoms with E-state index in [4.69, 9.17) is 9.84 Å². The van der Waals surface area contributed by atoms with E-state index in [0.29, 0.717) is 0 Å². The van der Waals surface area contributed by atoms with Crippen molar-refractivity contribution in [3.05, 3.63) is 30.1 Å². The number of hydrogen-bond donors (Lipinski definition) is 2. The van der Waals surface area contributed by atoms with Crippen molar-refractivity contribution >= 4 is 23.8 Å². The summed E-state index contributed by atoms with van der Waals surface area (Å²) in [5, 5.41) is 11.4. The first kappa shape index (κ1) is 17.3. The standard InChI is InChI=1S/C14H18FNO4S/c1-2-3-8-20-14(19)16-12(13(17)18)9-21-11-6-4-10(15)5-7-11/h4-7,12H,2-3,8-9H2,1H3,(H,16,19)(H,17,18). The smallest absolute Gasteiger partial charge is 0.407 e. The van der Waals surface area contributed by atoms with Gasteiger partial charge in [0.2, 0.25) is 0 Å². The number of amides is 1. The number of carbonyl (C=O) groups is 2. The first-order valence-corrected chi connectivity index (χ1v) is 7.56. The molecule has 1 unspecified atom stereocenters. The lowest BCUT2D eigenvalue weighted by atomic mass is 10.3. The Hall–Kier alpha value is -1.76. The van der Waals surface area contributed by atoms with E-state index in [1.807, 2.05) is 6.92 Å². The Morgan fingerprint density at radius 1 is 1.38 bits per heavy atom. The van der Waals surface area contributed by atoms with Gasteiger partial charge in [-0.3, -0.25) is 0 Å². The number of thioether (sulfide) groups is 1. The Balaban J connectivity index is 2.44. The summed E-state index contributed by atoms with van der Waals surface area (Å²) in [6.45, 7) is 2.22. The Bertz CT molecular complexity index is 467. The fraction of sp³-hybridized carbons (Fsp3) is 0.429. The first-order chi connectivity index (χ1) is 10.0. The van der Waals surface area contributed by atoms with E-state index in [1.54, 1.807) is 12.1 Å². The van der Waals surface area contributed by atoms with Gasteiger partial charge >= 0.3 is 12.1 Å². The maximum atomic E-state index is 12.8. The number of ether oxygens (including phenoxy) is 1. The zero-order chi connectivity index (χ0) is 15.7. The molecule has 0 aliphatic carbocycles. The molecule has 116 valence electrons. The van der Waals surface area contributed by atoms with Crippen molar-refractivity contribution in [1.29, 1.82) is 0 Å². The molecular formula is C14H18FNO4S. The van der Waals surface area contributed by atoms with Crippen LogP contribution in [0.3, 0.4) is 0 Å². The quantitative estimate of drug-likeness (QED) is 0.570. The van der Waals surface area contributed by atoms with Crippen LogP contribution in [-0.4, -0.2) is 35.6 Å². The van der Waals surface area contributed by atoms with Gasteiger partial charge in [-0.25, -0.2) is 14.0 Å². The van der Waals surface area contributed by atoms with Crippen molar-refractivity contribution in [3.63, 3.8) is 0 Å². The largest absolute Gasteiger partial charge is 0.480 e. The normalized spacial score (nSPS) is 11.7. The minimum atomic E-state index is -1.14. The molecule has 0 bridgehead atoms. The number of carboxylic acids is 1. The molecule has 1 aromatic carbocycles. The minimum Gasteiger partial charge on any atom is -0.480 e. The summed E-state index contributed by atoms with van der Waals surface area (Å²) in [6.07, 6.45) is 0.876. The molecule has 0 aliphatic heterocycles. The average Bonchev–Trinajstić information content (AvgIpc) is 2.45. The minimum absolute atomic E-state index is 0.129. The van der Waals surface area contributed by atoms with Crippen LogP contribution in [0.1, 0.15) is 19.8 Å². The molecule has 7 heteroatoms. The lowest BCUT2D eigenvalue weighted by Crippen LogP contribution is -2.42. The molecule has 0 aromatic heterocycles. The van der Waals surface area contributed by atoms with Crippen molar-refractivity contribution in [2.24, 2.45) is 0 Å². The molecule has 2 N–H and O–H groups in total. The predicted molar refractivity (Wildman–Crippen MR) is 77.9 cm³/mol. The van der Waals surface area contributed by atoms with Crippen LogP contribution in [0.5, 0.6) is 0 Å².